The van der Waals surface area contributed by atoms with E-state index in [1.165, 1.54) is 17.4 Å². The monoisotopic (exact) mass is 307 g/mol. The molecule has 0 amide bonds. The maximum absolute atomic E-state index is 13.1. The molecule has 2 N–H and O–H groups in total. The zero-order valence-corrected chi connectivity index (χ0v) is 11.6. The first-order valence-corrected chi connectivity index (χ1v) is 7.12. The molecule has 4 nitrogen and oxygen atoms in total. The van der Waals surface area contributed by atoms with Gasteiger partial charge < -0.3 is 10.3 Å². The van der Waals surface area contributed by atoms with Gasteiger partial charge in [-0.15, -0.1) is 11.3 Å². The summed E-state index contributed by atoms with van der Waals surface area (Å²) in [5.41, 5.74) is 1.11. The molecule has 0 aliphatic carbocycles. The van der Waals surface area contributed by atoms with E-state index >= 15 is 0 Å². The number of H-pyrrole nitrogens is 1. The number of halogens is 2. The van der Waals surface area contributed by atoms with Gasteiger partial charge in [0.1, 0.15) is 10.5 Å². The Balaban J connectivity index is 1.68. The van der Waals surface area contributed by atoms with Crippen LogP contribution in [0.4, 0.5) is 8.78 Å². The van der Waals surface area contributed by atoms with Crippen molar-refractivity contribution >= 4 is 21.6 Å². The molecule has 3 aromatic rings. The Kier molecular flexibility index (Phi) is 3.76. The van der Waals surface area contributed by atoms with Gasteiger partial charge in [0.15, 0.2) is 11.6 Å². The summed E-state index contributed by atoms with van der Waals surface area (Å²) >= 11 is 1.34. The summed E-state index contributed by atoms with van der Waals surface area (Å²) in [5, 5.41) is 4.84. The van der Waals surface area contributed by atoms with Gasteiger partial charge in [-0.25, -0.2) is 13.8 Å². The first-order chi connectivity index (χ1) is 10.1. The van der Waals surface area contributed by atoms with Crippen molar-refractivity contribution in [2.45, 2.75) is 13.1 Å². The fourth-order valence-corrected chi connectivity index (χ4v) is 2.71. The van der Waals surface area contributed by atoms with E-state index < -0.39 is 11.6 Å². The third-order valence-electron chi connectivity index (χ3n) is 2.97. The molecule has 0 saturated carbocycles. The highest BCUT2D eigenvalue weighted by Gasteiger charge is 2.05. The second-order valence-corrected chi connectivity index (χ2v) is 5.42. The van der Waals surface area contributed by atoms with Crippen molar-refractivity contribution in [2.75, 3.05) is 0 Å². The summed E-state index contributed by atoms with van der Waals surface area (Å²) in [6.07, 6.45) is 0. The predicted octanol–water partition coefficient (Wildman–Crippen LogP) is 2.55. The molecule has 3 rings (SSSR count). The molecule has 0 spiro atoms. The van der Waals surface area contributed by atoms with Crippen LogP contribution in [-0.2, 0) is 13.1 Å². The van der Waals surface area contributed by atoms with Crippen LogP contribution < -0.4 is 10.9 Å². The number of benzene rings is 1. The van der Waals surface area contributed by atoms with E-state index in [0.717, 1.165) is 12.1 Å². The van der Waals surface area contributed by atoms with Crippen molar-refractivity contribution < 1.29 is 8.78 Å². The topological polar surface area (TPSA) is 57.8 Å². The predicted molar refractivity (Wildman–Crippen MR) is 77.1 cm³/mol. The Morgan fingerprint density at radius 1 is 1.19 bits per heavy atom. The lowest BCUT2D eigenvalue weighted by molar-refractivity contribution is 0.506. The van der Waals surface area contributed by atoms with Crippen LogP contribution in [0.25, 0.3) is 10.2 Å². The smallest absolute Gasteiger partial charge is 0.268 e. The zero-order valence-electron chi connectivity index (χ0n) is 10.8. The SMILES string of the molecule is O=c1[nH]c(CNCc2ccc(F)c(F)c2)nc2ccsc12. The lowest BCUT2D eigenvalue weighted by atomic mass is 10.2. The summed E-state index contributed by atoms with van der Waals surface area (Å²) in [6, 6.07) is 5.52. The molecule has 0 saturated heterocycles. The first kappa shape index (κ1) is 13.8. The Hall–Kier alpha value is -2.12. The van der Waals surface area contributed by atoms with Crippen molar-refractivity contribution in [3.05, 3.63) is 63.0 Å². The zero-order chi connectivity index (χ0) is 14.8. The van der Waals surface area contributed by atoms with E-state index in [1.807, 2.05) is 5.38 Å². The Morgan fingerprint density at radius 2 is 2.05 bits per heavy atom. The number of nitrogens with zero attached hydrogens (tertiary/aromatic N) is 1. The molecule has 2 aromatic heterocycles. The standard InChI is InChI=1S/C14H11F2N3OS/c15-9-2-1-8(5-10(9)16)6-17-7-12-18-11-3-4-21-13(11)14(20)19-12/h1-5,17H,6-7H2,(H,18,19,20). The average Bonchev–Trinajstić information content (AvgIpc) is 2.92. The highest BCUT2D eigenvalue weighted by molar-refractivity contribution is 7.17. The number of fused-ring (bicyclic) bond motifs is 1. The molecular formula is C14H11F2N3OS. The maximum Gasteiger partial charge on any atom is 0.268 e. The molecule has 0 aliphatic heterocycles. The normalized spacial score (nSPS) is 11.1. The minimum Gasteiger partial charge on any atom is -0.308 e. The molecule has 0 atom stereocenters. The van der Waals surface area contributed by atoms with Crippen LogP contribution in [0.2, 0.25) is 0 Å². The molecule has 0 aliphatic rings. The summed E-state index contributed by atoms with van der Waals surface area (Å²) < 4.78 is 26.5. The second kappa shape index (κ2) is 5.71. The highest BCUT2D eigenvalue weighted by atomic mass is 32.1. The van der Waals surface area contributed by atoms with E-state index in [9.17, 15) is 13.6 Å². The fraction of sp³-hybridized carbons (Fsp3) is 0.143. The third-order valence-corrected chi connectivity index (χ3v) is 3.87. The Bertz CT molecular complexity index is 844. The van der Waals surface area contributed by atoms with E-state index in [-0.39, 0.29) is 5.56 Å². The lowest BCUT2D eigenvalue weighted by Crippen LogP contribution is -2.18. The van der Waals surface area contributed by atoms with Crippen molar-refractivity contribution in [3.8, 4) is 0 Å². The van der Waals surface area contributed by atoms with E-state index in [4.69, 9.17) is 0 Å². The van der Waals surface area contributed by atoms with Crippen LogP contribution in [-0.4, -0.2) is 9.97 Å². The van der Waals surface area contributed by atoms with Gasteiger partial charge in [-0.3, -0.25) is 4.79 Å². The van der Waals surface area contributed by atoms with Gasteiger partial charge in [-0.05, 0) is 29.1 Å². The van der Waals surface area contributed by atoms with Gasteiger partial charge in [0, 0.05) is 6.54 Å². The van der Waals surface area contributed by atoms with Crippen LogP contribution in [0.5, 0.6) is 0 Å². The maximum atomic E-state index is 13.1. The summed E-state index contributed by atoms with van der Waals surface area (Å²) in [7, 11) is 0. The van der Waals surface area contributed by atoms with Gasteiger partial charge >= 0.3 is 0 Å². The molecule has 0 fully saturated rings. The number of hydrogen-bond donors (Lipinski definition) is 2. The minimum absolute atomic E-state index is 0.167. The van der Waals surface area contributed by atoms with Gasteiger partial charge in [0.25, 0.3) is 5.56 Å². The first-order valence-electron chi connectivity index (χ1n) is 6.24. The lowest BCUT2D eigenvalue weighted by Gasteiger charge is -2.05. The molecule has 1 aromatic carbocycles. The van der Waals surface area contributed by atoms with Crippen LogP contribution in [0, 0.1) is 11.6 Å². The number of hydrogen-bond acceptors (Lipinski definition) is 4. The summed E-state index contributed by atoms with van der Waals surface area (Å²) in [4.78, 5) is 18.8. The summed E-state index contributed by atoms with van der Waals surface area (Å²) in [6.45, 7) is 0.683. The van der Waals surface area contributed by atoms with Gasteiger partial charge in [-0.2, -0.15) is 0 Å². The minimum atomic E-state index is -0.875. The van der Waals surface area contributed by atoms with Crippen LogP contribution >= 0.6 is 11.3 Å². The van der Waals surface area contributed by atoms with Crippen LogP contribution in [0.1, 0.15) is 11.4 Å². The van der Waals surface area contributed by atoms with Gasteiger partial charge in [0.05, 0.1) is 12.1 Å². The second-order valence-electron chi connectivity index (χ2n) is 4.50. The Labute approximate surface area is 122 Å². The molecule has 2 heterocycles. The van der Waals surface area contributed by atoms with E-state index in [2.05, 4.69) is 15.3 Å². The van der Waals surface area contributed by atoms with Gasteiger partial charge in [-0.1, -0.05) is 6.07 Å². The van der Waals surface area contributed by atoms with E-state index in [0.29, 0.717) is 34.7 Å². The molecule has 7 heteroatoms. The number of thiophene rings is 1. The molecule has 0 unspecified atom stereocenters. The number of aromatic nitrogens is 2. The number of nitrogens with one attached hydrogen (secondary N) is 2. The van der Waals surface area contributed by atoms with Crippen LogP contribution in [0.15, 0.2) is 34.4 Å². The molecule has 0 bridgehead atoms. The summed E-state index contributed by atoms with van der Waals surface area (Å²) in [5.74, 6) is -1.23. The molecule has 108 valence electrons. The van der Waals surface area contributed by atoms with Crippen molar-refractivity contribution in [3.63, 3.8) is 0 Å². The highest BCUT2D eigenvalue weighted by Crippen LogP contribution is 2.13. The number of rotatable bonds is 4. The number of aromatic amines is 1. The quantitative estimate of drug-likeness (QED) is 0.779. The molecule has 21 heavy (non-hydrogen) atoms. The fourth-order valence-electron chi connectivity index (χ4n) is 1.98. The molecular weight excluding hydrogens is 296 g/mol. The average molecular weight is 307 g/mol. The van der Waals surface area contributed by atoms with Crippen molar-refractivity contribution in [1.29, 1.82) is 0 Å². The largest absolute Gasteiger partial charge is 0.308 e. The third kappa shape index (κ3) is 2.98. The van der Waals surface area contributed by atoms with Crippen molar-refractivity contribution in [1.82, 2.24) is 15.3 Å². The van der Waals surface area contributed by atoms with Crippen molar-refractivity contribution in [2.24, 2.45) is 0 Å². The van der Waals surface area contributed by atoms with Crippen LogP contribution in [0.3, 0.4) is 0 Å². The van der Waals surface area contributed by atoms with E-state index in [1.54, 1.807) is 6.07 Å². The van der Waals surface area contributed by atoms with Gasteiger partial charge in [0.2, 0.25) is 0 Å². The molecule has 0 radical (unpaired) electrons. The Morgan fingerprint density at radius 3 is 2.86 bits per heavy atom.